The highest BCUT2D eigenvalue weighted by Gasteiger charge is 2.14. The molecule has 0 amide bonds. The van der Waals surface area contributed by atoms with E-state index >= 15 is 0 Å². The standard InChI is InChI=1S/C15H25FN2/c1-5-8-18(11(2)3)15-7-6-13(9-12(4)17)10-14(15)16/h6-7,10-12H,5,8-9,17H2,1-4H3. The van der Waals surface area contributed by atoms with Gasteiger partial charge in [-0.1, -0.05) is 13.0 Å². The number of halogens is 1. The lowest BCUT2D eigenvalue weighted by molar-refractivity contribution is 0.593. The molecule has 0 spiro atoms. The summed E-state index contributed by atoms with van der Waals surface area (Å²) in [6.45, 7) is 9.10. The van der Waals surface area contributed by atoms with Gasteiger partial charge in [0.05, 0.1) is 5.69 Å². The maximum absolute atomic E-state index is 14.2. The molecule has 102 valence electrons. The van der Waals surface area contributed by atoms with E-state index in [1.54, 1.807) is 6.07 Å². The van der Waals surface area contributed by atoms with E-state index in [0.29, 0.717) is 18.2 Å². The Bertz CT molecular complexity index is 375. The molecule has 1 unspecified atom stereocenters. The van der Waals surface area contributed by atoms with E-state index < -0.39 is 0 Å². The van der Waals surface area contributed by atoms with Gasteiger partial charge in [0.2, 0.25) is 0 Å². The van der Waals surface area contributed by atoms with Crippen LogP contribution in [0.5, 0.6) is 0 Å². The highest BCUT2D eigenvalue weighted by Crippen LogP contribution is 2.23. The summed E-state index contributed by atoms with van der Waals surface area (Å²) in [6.07, 6.45) is 1.73. The quantitative estimate of drug-likeness (QED) is 0.841. The summed E-state index contributed by atoms with van der Waals surface area (Å²) < 4.78 is 14.2. The fourth-order valence-electron chi connectivity index (χ4n) is 2.18. The number of rotatable bonds is 6. The van der Waals surface area contributed by atoms with Crippen LogP contribution in [0.1, 0.15) is 39.7 Å². The molecule has 1 aromatic carbocycles. The van der Waals surface area contributed by atoms with Gasteiger partial charge in [-0.05, 0) is 51.3 Å². The molecule has 3 heteroatoms. The third-order valence-corrected chi connectivity index (χ3v) is 2.97. The highest BCUT2D eigenvalue weighted by molar-refractivity contribution is 5.50. The van der Waals surface area contributed by atoms with Gasteiger partial charge in [0.1, 0.15) is 5.82 Å². The van der Waals surface area contributed by atoms with Crippen LogP contribution in [-0.2, 0) is 6.42 Å². The topological polar surface area (TPSA) is 29.3 Å². The lowest BCUT2D eigenvalue weighted by atomic mass is 10.1. The Morgan fingerprint density at radius 3 is 2.39 bits per heavy atom. The summed E-state index contributed by atoms with van der Waals surface area (Å²) in [5, 5.41) is 0. The Morgan fingerprint density at radius 1 is 1.28 bits per heavy atom. The molecule has 1 atom stereocenters. The Balaban J connectivity index is 2.95. The van der Waals surface area contributed by atoms with Crippen molar-refractivity contribution >= 4 is 5.69 Å². The van der Waals surface area contributed by atoms with Gasteiger partial charge in [-0.3, -0.25) is 0 Å². The van der Waals surface area contributed by atoms with Crippen molar-refractivity contribution in [3.8, 4) is 0 Å². The third-order valence-electron chi connectivity index (χ3n) is 2.97. The van der Waals surface area contributed by atoms with E-state index in [2.05, 4.69) is 25.7 Å². The van der Waals surface area contributed by atoms with Gasteiger partial charge in [-0.2, -0.15) is 0 Å². The number of nitrogens with zero attached hydrogens (tertiary/aromatic N) is 1. The summed E-state index contributed by atoms with van der Waals surface area (Å²) in [7, 11) is 0. The molecule has 2 N–H and O–H groups in total. The van der Waals surface area contributed by atoms with Crippen molar-refractivity contribution in [1.82, 2.24) is 0 Å². The van der Waals surface area contributed by atoms with Crippen LogP contribution in [-0.4, -0.2) is 18.6 Å². The fraction of sp³-hybridized carbons (Fsp3) is 0.600. The first-order valence-corrected chi connectivity index (χ1v) is 6.76. The Hall–Kier alpha value is -1.09. The summed E-state index contributed by atoms with van der Waals surface area (Å²) in [5.74, 6) is -0.143. The van der Waals surface area contributed by atoms with Crippen LogP contribution in [0.3, 0.4) is 0 Å². The molecule has 0 radical (unpaired) electrons. The number of anilines is 1. The minimum atomic E-state index is -0.143. The highest BCUT2D eigenvalue weighted by atomic mass is 19.1. The summed E-state index contributed by atoms with van der Waals surface area (Å²) in [6, 6.07) is 5.84. The SMILES string of the molecule is CCCN(c1ccc(CC(C)N)cc1F)C(C)C. The average molecular weight is 252 g/mol. The van der Waals surface area contributed by atoms with Gasteiger partial charge < -0.3 is 10.6 Å². The molecule has 0 aliphatic rings. The van der Waals surface area contributed by atoms with Crippen molar-refractivity contribution in [2.45, 2.75) is 52.6 Å². The largest absolute Gasteiger partial charge is 0.367 e. The van der Waals surface area contributed by atoms with Gasteiger partial charge in [0.25, 0.3) is 0 Å². The maximum Gasteiger partial charge on any atom is 0.146 e. The zero-order valence-electron chi connectivity index (χ0n) is 11.9. The maximum atomic E-state index is 14.2. The second kappa shape index (κ2) is 6.74. The first-order chi connectivity index (χ1) is 8.45. The molecule has 18 heavy (non-hydrogen) atoms. The second-order valence-electron chi connectivity index (χ2n) is 5.25. The normalized spacial score (nSPS) is 12.8. The van der Waals surface area contributed by atoms with E-state index in [1.165, 1.54) is 0 Å². The molecule has 2 nitrogen and oxygen atoms in total. The van der Waals surface area contributed by atoms with Gasteiger partial charge in [0, 0.05) is 18.6 Å². The Labute approximate surface area is 110 Å². The molecule has 0 bridgehead atoms. The molecular formula is C15H25FN2. The summed E-state index contributed by atoms with van der Waals surface area (Å²) >= 11 is 0. The van der Waals surface area contributed by atoms with Gasteiger partial charge in [-0.25, -0.2) is 4.39 Å². The summed E-state index contributed by atoms with van der Waals surface area (Å²) in [5.41, 5.74) is 7.39. The second-order valence-corrected chi connectivity index (χ2v) is 5.25. The molecular weight excluding hydrogens is 227 g/mol. The number of benzene rings is 1. The zero-order chi connectivity index (χ0) is 13.7. The monoisotopic (exact) mass is 252 g/mol. The number of hydrogen-bond donors (Lipinski definition) is 1. The number of hydrogen-bond acceptors (Lipinski definition) is 2. The molecule has 0 saturated carbocycles. The summed E-state index contributed by atoms with van der Waals surface area (Å²) in [4.78, 5) is 2.10. The zero-order valence-corrected chi connectivity index (χ0v) is 11.9. The van der Waals surface area contributed by atoms with Gasteiger partial charge in [0.15, 0.2) is 0 Å². The molecule has 0 aromatic heterocycles. The van der Waals surface area contributed by atoms with Crippen LogP contribution >= 0.6 is 0 Å². The smallest absolute Gasteiger partial charge is 0.146 e. The predicted octanol–water partition coefficient (Wildman–Crippen LogP) is 3.34. The average Bonchev–Trinajstić information content (AvgIpc) is 2.25. The first kappa shape index (κ1) is 15.0. The molecule has 1 aromatic rings. The molecule has 0 aliphatic carbocycles. The molecule has 0 heterocycles. The van der Waals surface area contributed by atoms with E-state index in [9.17, 15) is 4.39 Å². The lowest BCUT2D eigenvalue weighted by Gasteiger charge is -2.29. The van der Waals surface area contributed by atoms with Crippen molar-refractivity contribution in [1.29, 1.82) is 0 Å². The Kier molecular flexibility index (Phi) is 5.60. The van der Waals surface area contributed by atoms with Crippen LogP contribution in [0.15, 0.2) is 18.2 Å². The van der Waals surface area contributed by atoms with Crippen molar-refractivity contribution in [2.24, 2.45) is 5.73 Å². The van der Waals surface area contributed by atoms with Gasteiger partial charge >= 0.3 is 0 Å². The molecule has 0 aliphatic heterocycles. The molecule has 0 fully saturated rings. The van der Waals surface area contributed by atoms with Crippen LogP contribution < -0.4 is 10.6 Å². The van der Waals surface area contributed by atoms with Crippen LogP contribution in [0, 0.1) is 5.82 Å². The van der Waals surface area contributed by atoms with Crippen molar-refractivity contribution in [3.05, 3.63) is 29.6 Å². The van der Waals surface area contributed by atoms with E-state index in [4.69, 9.17) is 5.73 Å². The van der Waals surface area contributed by atoms with Crippen LogP contribution in [0.2, 0.25) is 0 Å². The minimum Gasteiger partial charge on any atom is -0.367 e. The minimum absolute atomic E-state index is 0.0621. The number of nitrogens with two attached hydrogens (primary N) is 1. The van der Waals surface area contributed by atoms with E-state index in [1.807, 2.05) is 19.1 Å². The fourth-order valence-corrected chi connectivity index (χ4v) is 2.18. The van der Waals surface area contributed by atoms with Crippen LogP contribution in [0.4, 0.5) is 10.1 Å². The molecule has 0 saturated heterocycles. The van der Waals surface area contributed by atoms with E-state index in [-0.39, 0.29) is 11.9 Å². The van der Waals surface area contributed by atoms with Crippen molar-refractivity contribution < 1.29 is 4.39 Å². The van der Waals surface area contributed by atoms with Crippen molar-refractivity contribution in [2.75, 3.05) is 11.4 Å². The lowest BCUT2D eigenvalue weighted by Crippen LogP contribution is -2.32. The third kappa shape index (κ3) is 3.98. The van der Waals surface area contributed by atoms with E-state index in [0.717, 1.165) is 18.5 Å². The first-order valence-electron chi connectivity index (χ1n) is 6.76. The van der Waals surface area contributed by atoms with Gasteiger partial charge in [-0.15, -0.1) is 0 Å². The van der Waals surface area contributed by atoms with Crippen LogP contribution in [0.25, 0.3) is 0 Å². The Morgan fingerprint density at radius 2 is 1.94 bits per heavy atom. The predicted molar refractivity (Wildman–Crippen MR) is 76.5 cm³/mol. The molecule has 1 rings (SSSR count). The van der Waals surface area contributed by atoms with Crippen molar-refractivity contribution in [3.63, 3.8) is 0 Å².